The van der Waals surface area contributed by atoms with Gasteiger partial charge in [-0.2, -0.15) is 5.10 Å². The fourth-order valence-corrected chi connectivity index (χ4v) is 1.26. The molecule has 0 atom stereocenters. The monoisotopic (exact) mass is 174 g/mol. The van der Waals surface area contributed by atoms with Gasteiger partial charge in [-0.15, -0.1) is 0 Å². The van der Waals surface area contributed by atoms with Crippen molar-refractivity contribution < 1.29 is 4.79 Å². The van der Waals surface area contributed by atoms with Gasteiger partial charge in [-0.05, 0) is 24.6 Å². The van der Waals surface area contributed by atoms with Crippen LogP contribution in [0.15, 0.2) is 24.4 Å². The molecular formula is C10H10N2O. The van der Waals surface area contributed by atoms with Gasteiger partial charge in [0.25, 0.3) is 0 Å². The average molecular weight is 174 g/mol. The third-order valence-corrected chi connectivity index (χ3v) is 1.97. The van der Waals surface area contributed by atoms with Gasteiger partial charge in [0, 0.05) is 13.1 Å². The van der Waals surface area contributed by atoms with E-state index in [-0.39, 0.29) is 5.78 Å². The molecule has 0 aliphatic heterocycles. The van der Waals surface area contributed by atoms with E-state index in [4.69, 9.17) is 0 Å². The lowest BCUT2D eigenvalue weighted by molar-refractivity contribution is 0.101. The fraction of sp³-hybridized carbons (Fsp3) is 0.200. The van der Waals surface area contributed by atoms with Gasteiger partial charge in [-0.3, -0.25) is 4.79 Å². The van der Waals surface area contributed by atoms with Crippen molar-refractivity contribution in [1.82, 2.24) is 9.61 Å². The summed E-state index contributed by atoms with van der Waals surface area (Å²) in [6, 6.07) is 5.75. The second-order valence-electron chi connectivity index (χ2n) is 3.16. The van der Waals surface area contributed by atoms with Gasteiger partial charge in [0.15, 0.2) is 5.78 Å². The number of nitrogens with zero attached hydrogens (tertiary/aromatic N) is 2. The van der Waals surface area contributed by atoms with Crippen molar-refractivity contribution in [2.24, 2.45) is 0 Å². The van der Waals surface area contributed by atoms with Crippen LogP contribution in [0, 0.1) is 6.92 Å². The van der Waals surface area contributed by atoms with Crippen LogP contribution in [-0.4, -0.2) is 15.4 Å². The molecule has 0 unspecified atom stereocenters. The fourth-order valence-electron chi connectivity index (χ4n) is 1.26. The smallest absolute Gasteiger partial charge is 0.180 e. The first kappa shape index (κ1) is 7.98. The number of aryl methyl sites for hydroxylation is 1. The van der Waals surface area contributed by atoms with Crippen LogP contribution >= 0.6 is 0 Å². The maximum atomic E-state index is 11.0. The molecule has 0 amide bonds. The Morgan fingerprint density at radius 3 is 2.92 bits per heavy atom. The molecule has 0 bridgehead atoms. The van der Waals surface area contributed by atoms with E-state index in [0.717, 1.165) is 11.1 Å². The van der Waals surface area contributed by atoms with E-state index in [1.54, 1.807) is 10.6 Å². The average Bonchev–Trinajstić information content (AvgIpc) is 2.46. The highest BCUT2D eigenvalue weighted by Crippen LogP contribution is 2.08. The van der Waals surface area contributed by atoms with Crippen LogP contribution in [0.4, 0.5) is 0 Å². The predicted molar refractivity (Wildman–Crippen MR) is 49.9 cm³/mol. The standard InChI is InChI=1S/C10H10N2O/c1-7-3-4-9-5-10(8(2)13)11-12(9)6-7/h3-6H,1-2H3. The Morgan fingerprint density at radius 2 is 2.23 bits per heavy atom. The molecule has 0 saturated heterocycles. The molecule has 2 rings (SSSR count). The molecule has 66 valence electrons. The SMILES string of the molecule is CC(=O)c1cc2ccc(C)cn2n1. The van der Waals surface area contributed by atoms with Gasteiger partial charge in [0.05, 0.1) is 5.52 Å². The molecule has 0 saturated carbocycles. The maximum absolute atomic E-state index is 11.0. The number of hydrogen-bond acceptors (Lipinski definition) is 2. The van der Waals surface area contributed by atoms with Crippen LogP contribution in [0.3, 0.4) is 0 Å². The lowest BCUT2D eigenvalue weighted by Crippen LogP contribution is -1.93. The van der Waals surface area contributed by atoms with Gasteiger partial charge < -0.3 is 0 Å². The van der Waals surface area contributed by atoms with Crippen molar-refractivity contribution in [1.29, 1.82) is 0 Å². The van der Waals surface area contributed by atoms with E-state index in [9.17, 15) is 4.79 Å². The van der Waals surface area contributed by atoms with Crippen LogP contribution < -0.4 is 0 Å². The maximum Gasteiger partial charge on any atom is 0.180 e. The topological polar surface area (TPSA) is 34.4 Å². The third-order valence-electron chi connectivity index (χ3n) is 1.97. The highest BCUT2D eigenvalue weighted by Gasteiger charge is 2.04. The minimum absolute atomic E-state index is 0.00125. The van der Waals surface area contributed by atoms with Gasteiger partial charge in [-0.1, -0.05) is 6.07 Å². The lowest BCUT2D eigenvalue weighted by atomic mass is 10.3. The second-order valence-corrected chi connectivity index (χ2v) is 3.16. The zero-order valence-corrected chi connectivity index (χ0v) is 7.61. The molecule has 0 spiro atoms. The van der Waals surface area contributed by atoms with E-state index in [0.29, 0.717) is 5.69 Å². The van der Waals surface area contributed by atoms with Crippen molar-refractivity contribution in [3.63, 3.8) is 0 Å². The molecule has 0 aliphatic rings. The van der Waals surface area contributed by atoms with E-state index in [2.05, 4.69) is 5.10 Å². The summed E-state index contributed by atoms with van der Waals surface area (Å²) >= 11 is 0. The molecule has 2 aromatic heterocycles. The normalized spacial score (nSPS) is 10.6. The molecule has 2 aromatic rings. The highest BCUT2D eigenvalue weighted by molar-refractivity contribution is 5.93. The quantitative estimate of drug-likeness (QED) is 0.618. The summed E-state index contributed by atoms with van der Waals surface area (Å²) in [6.45, 7) is 3.52. The van der Waals surface area contributed by atoms with Gasteiger partial charge in [0.1, 0.15) is 5.69 Å². The zero-order chi connectivity index (χ0) is 9.42. The molecular weight excluding hydrogens is 164 g/mol. The summed E-state index contributed by atoms with van der Waals surface area (Å²) in [7, 11) is 0. The number of Topliss-reactive ketones (excluding diaryl/α,β-unsaturated/α-hetero) is 1. The molecule has 0 N–H and O–H groups in total. The number of ketones is 1. The van der Waals surface area contributed by atoms with E-state index in [1.807, 2.05) is 25.3 Å². The first-order valence-corrected chi connectivity index (χ1v) is 4.14. The lowest BCUT2D eigenvalue weighted by Gasteiger charge is -1.93. The molecule has 2 heterocycles. The first-order valence-electron chi connectivity index (χ1n) is 4.14. The van der Waals surface area contributed by atoms with Gasteiger partial charge in [0.2, 0.25) is 0 Å². The first-order chi connectivity index (χ1) is 6.16. The number of rotatable bonds is 1. The molecule has 13 heavy (non-hydrogen) atoms. The number of carbonyl (C=O) groups is 1. The Morgan fingerprint density at radius 1 is 1.46 bits per heavy atom. The number of fused-ring (bicyclic) bond motifs is 1. The number of carbonyl (C=O) groups excluding carboxylic acids is 1. The largest absolute Gasteiger partial charge is 0.293 e. The molecule has 3 nitrogen and oxygen atoms in total. The summed E-state index contributed by atoms with van der Waals surface area (Å²) < 4.78 is 1.73. The number of aromatic nitrogens is 2. The molecule has 0 aromatic carbocycles. The van der Waals surface area contributed by atoms with E-state index in [1.165, 1.54) is 6.92 Å². The van der Waals surface area contributed by atoms with Crippen LogP contribution in [0.1, 0.15) is 23.0 Å². The minimum atomic E-state index is 0.00125. The van der Waals surface area contributed by atoms with Crippen LogP contribution in [0.2, 0.25) is 0 Å². The van der Waals surface area contributed by atoms with Gasteiger partial charge >= 0.3 is 0 Å². The summed E-state index contributed by atoms with van der Waals surface area (Å²) in [5.74, 6) is 0.00125. The van der Waals surface area contributed by atoms with Gasteiger partial charge in [-0.25, -0.2) is 4.52 Å². The molecule has 0 aliphatic carbocycles. The van der Waals surface area contributed by atoms with Crippen molar-refractivity contribution in [2.45, 2.75) is 13.8 Å². The number of pyridine rings is 1. The Bertz CT molecular complexity index is 471. The summed E-state index contributed by atoms with van der Waals surface area (Å²) in [5.41, 5.74) is 2.60. The Hall–Kier alpha value is -1.64. The Kier molecular flexibility index (Phi) is 1.65. The zero-order valence-electron chi connectivity index (χ0n) is 7.61. The van der Waals surface area contributed by atoms with Crippen LogP contribution in [0.25, 0.3) is 5.52 Å². The van der Waals surface area contributed by atoms with Crippen molar-refractivity contribution in [3.05, 3.63) is 35.7 Å². The molecule has 3 heteroatoms. The van der Waals surface area contributed by atoms with E-state index < -0.39 is 0 Å². The van der Waals surface area contributed by atoms with Crippen LogP contribution in [0.5, 0.6) is 0 Å². The summed E-state index contributed by atoms with van der Waals surface area (Å²) in [4.78, 5) is 11.0. The predicted octanol–water partition coefficient (Wildman–Crippen LogP) is 1.85. The Balaban J connectivity index is 2.68. The molecule has 0 radical (unpaired) electrons. The molecule has 0 fully saturated rings. The van der Waals surface area contributed by atoms with Crippen LogP contribution in [-0.2, 0) is 0 Å². The Labute approximate surface area is 76.0 Å². The second kappa shape index (κ2) is 2.69. The third kappa shape index (κ3) is 1.33. The van der Waals surface area contributed by atoms with Crippen molar-refractivity contribution >= 4 is 11.3 Å². The highest BCUT2D eigenvalue weighted by atomic mass is 16.1. The van der Waals surface area contributed by atoms with Crippen molar-refractivity contribution in [2.75, 3.05) is 0 Å². The minimum Gasteiger partial charge on any atom is -0.293 e. The summed E-state index contributed by atoms with van der Waals surface area (Å²) in [5, 5.41) is 4.14. The van der Waals surface area contributed by atoms with Crippen molar-refractivity contribution in [3.8, 4) is 0 Å². The number of hydrogen-bond donors (Lipinski definition) is 0. The van der Waals surface area contributed by atoms with E-state index >= 15 is 0 Å². The summed E-state index contributed by atoms with van der Waals surface area (Å²) in [6.07, 6.45) is 1.90.